The molecule has 0 N–H and O–H groups in total. The molecule has 35 heavy (non-hydrogen) atoms. The van der Waals surface area contributed by atoms with Gasteiger partial charge in [-0.3, -0.25) is 4.79 Å². The molecule has 0 unspecified atom stereocenters. The number of piperazine rings is 1. The predicted molar refractivity (Wildman–Crippen MR) is 143 cm³/mol. The van der Waals surface area contributed by atoms with Gasteiger partial charge in [-0.15, -0.1) is 0 Å². The van der Waals surface area contributed by atoms with Crippen molar-refractivity contribution >= 4 is 53.9 Å². The van der Waals surface area contributed by atoms with E-state index in [1.54, 1.807) is 29.2 Å². The van der Waals surface area contributed by atoms with E-state index < -0.39 is 10.0 Å². The summed E-state index contributed by atoms with van der Waals surface area (Å²) in [4.78, 5) is 14.5. The van der Waals surface area contributed by atoms with Gasteiger partial charge in [0.05, 0.1) is 4.90 Å². The SMILES string of the molecule is O=C(/C=C/c1ccc(OCc2ccccc2)cc1)N1CCN(S(=O)(=O)c2cc(Br)ccc2Br)CC1. The maximum absolute atomic E-state index is 13.0. The average Bonchev–Trinajstić information content (AvgIpc) is 2.88. The zero-order chi connectivity index (χ0) is 24.8. The van der Waals surface area contributed by atoms with Crippen LogP contribution in [0.5, 0.6) is 5.75 Å². The van der Waals surface area contributed by atoms with Crippen LogP contribution in [0.15, 0.2) is 92.7 Å². The van der Waals surface area contributed by atoms with Crippen LogP contribution in [-0.4, -0.2) is 49.7 Å². The number of halogens is 2. The van der Waals surface area contributed by atoms with Crippen molar-refractivity contribution in [1.82, 2.24) is 9.21 Å². The lowest BCUT2D eigenvalue weighted by Crippen LogP contribution is -2.50. The number of carbonyl (C=O) groups is 1. The van der Waals surface area contributed by atoms with E-state index in [-0.39, 0.29) is 23.9 Å². The minimum absolute atomic E-state index is 0.143. The fourth-order valence-electron chi connectivity index (χ4n) is 3.65. The lowest BCUT2D eigenvalue weighted by molar-refractivity contribution is -0.127. The molecule has 1 aliphatic rings. The monoisotopic (exact) mass is 618 g/mol. The molecule has 0 radical (unpaired) electrons. The van der Waals surface area contributed by atoms with E-state index in [9.17, 15) is 13.2 Å². The normalized spacial score (nSPS) is 14.9. The zero-order valence-corrected chi connectivity index (χ0v) is 22.8. The fourth-order valence-corrected chi connectivity index (χ4v) is 6.54. The Bertz CT molecular complexity index is 1300. The van der Waals surface area contributed by atoms with Gasteiger partial charge in [-0.2, -0.15) is 4.31 Å². The fraction of sp³-hybridized carbons (Fsp3) is 0.192. The van der Waals surface area contributed by atoms with Crippen LogP contribution in [0.1, 0.15) is 11.1 Å². The number of rotatable bonds is 7. The Morgan fingerprint density at radius 3 is 2.29 bits per heavy atom. The van der Waals surface area contributed by atoms with Gasteiger partial charge >= 0.3 is 0 Å². The van der Waals surface area contributed by atoms with E-state index in [0.29, 0.717) is 28.6 Å². The van der Waals surface area contributed by atoms with Crippen LogP contribution in [-0.2, 0) is 21.4 Å². The van der Waals surface area contributed by atoms with Gasteiger partial charge in [0, 0.05) is 41.2 Å². The molecule has 3 aromatic carbocycles. The van der Waals surface area contributed by atoms with Crippen LogP contribution in [0.2, 0.25) is 0 Å². The van der Waals surface area contributed by atoms with Crippen molar-refractivity contribution in [3.05, 3.63) is 98.9 Å². The van der Waals surface area contributed by atoms with Crippen LogP contribution in [0, 0.1) is 0 Å². The van der Waals surface area contributed by atoms with Crippen molar-refractivity contribution in [2.24, 2.45) is 0 Å². The molecule has 182 valence electrons. The lowest BCUT2D eigenvalue weighted by atomic mass is 10.2. The highest BCUT2D eigenvalue weighted by molar-refractivity contribution is 9.11. The summed E-state index contributed by atoms with van der Waals surface area (Å²) < 4.78 is 34.5. The van der Waals surface area contributed by atoms with Gasteiger partial charge < -0.3 is 9.64 Å². The number of amides is 1. The van der Waals surface area contributed by atoms with Crippen molar-refractivity contribution in [1.29, 1.82) is 0 Å². The van der Waals surface area contributed by atoms with Gasteiger partial charge in [0.25, 0.3) is 0 Å². The van der Waals surface area contributed by atoms with E-state index in [0.717, 1.165) is 16.9 Å². The smallest absolute Gasteiger partial charge is 0.246 e. The molecule has 1 saturated heterocycles. The van der Waals surface area contributed by atoms with Gasteiger partial charge in [0.2, 0.25) is 15.9 Å². The van der Waals surface area contributed by atoms with Gasteiger partial charge in [-0.1, -0.05) is 58.4 Å². The van der Waals surface area contributed by atoms with E-state index in [1.165, 1.54) is 10.4 Å². The maximum Gasteiger partial charge on any atom is 0.246 e. The summed E-state index contributed by atoms with van der Waals surface area (Å²) in [6, 6.07) is 22.5. The predicted octanol–water partition coefficient (Wildman–Crippen LogP) is 5.34. The van der Waals surface area contributed by atoms with E-state index in [2.05, 4.69) is 31.9 Å². The molecule has 0 saturated carbocycles. The Kier molecular flexibility index (Phi) is 8.43. The highest BCUT2D eigenvalue weighted by Gasteiger charge is 2.31. The number of nitrogens with zero attached hydrogens (tertiary/aromatic N) is 2. The molecule has 0 bridgehead atoms. The third-order valence-electron chi connectivity index (χ3n) is 5.61. The van der Waals surface area contributed by atoms with Crippen molar-refractivity contribution in [2.75, 3.05) is 26.2 Å². The first-order valence-electron chi connectivity index (χ1n) is 11.0. The van der Waals surface area contributed by atoms with Gasteiger partial charge in [-0.05, 0) is 63.5 Å². The van der Waals surface area contributed by atoms with E-state index >= 15 is 0 Å². The van der Waals surface area contributed by atoms with E-state index in [4.69, 9.17) is 4.74 Å². The molecule has 1 fully saturated rings. The number of ether oxygens (including phenoxy) is 1. The largest absolute Gasteiger partial charge is 0.489 e. The summed E-state index contributed by atoms with van der Waals surface area (Å²) in [5.74, 6) is 0.613. The summed E-state index contributed by atoms with van der Waals surface area (Å²) >= 11 is 6.65. The van der Waals surface area contributed by atoms with Crippen molar-refractivity contribution < 1.29 is 17.9 Å². The lowest BCUT2D eigenvalue weighted by Gasteiger charge is -2.33. The number of carbonyl (C=O) groups excluding carboxylic acids is 1. The standard InChI is InChI=1S/C26H24Br2N2O4S/c27-22-9-12-24(28)25(18-22)35(32,33)30-16-14-29(15-17-30)26(31)13-8-20-6-10-23(11-7-20)34-19-21-4-2-1-3-5-21/h1-13,18H,14-17,19H2/b13-8+. The molecule has 1 amide bonds. The molecule has 9 heteroatoms. The van der Waals surface area contributed by atoms with E-state index in [1.807, 2.05) is 54.6 Å². The number of benzene rings is 3. The second-order valence-corrected chi connectivity index (χ2v) is 11.7. The molecule has 6 nitrogen and oxygen atoms in total. The molecule has 0 atom stereocenters. The summed E-state index contributed by atoms with van der Waals surface area (Å²) in [5.41, 5.74) is 1.98. The zero-order valence-electron chi connectivity index (χ0n) is 18.8. The molecule has 1 heterocycles. The minimum Gasteiger partial charge on any atom is -0.489 e. The Hall–Kier alpha value is -2.46. The first kappa shape index (κ1) is 25.6. The highest BCUT2D eigenvalue weighted by atomic mass is 79.9. The molecule has 0 aliphatic carbocycles. The maximum atomic E-state index is 13.0. The first-order chi connectivity index (χ1) is 16.8. The third-order valence-corrected chi connectivity index (χ3v) is 8.99. The van der Waals surface area contributed by atoms with Gasteiger partial charge in [0.1, 0.15) is 12.4 Å². The quantitative estimate of drug-likeness (QED) is 0.335. The summed E-state index contributed by atoms with van der Waals surface area (Å²) in [5, 5.41) is 0. The molecule has 4 rings (SSSR count). The summed E-state index contributed by atoms with van der Waals surface area (Å²) in [6.07, 6.45) is 3.28. The van der Waals surface area contributed by atoms with Crippen LogP contribution in [0.25, 0.3) is 6.08 Å². The van der Waals surface area contributed by atoms with Gasteiger partial charge in [0.15, 0.2) is 0 Å². The minimum atomic E-state index is -3.66. The van der Waals surface area contributed by atoms with Crippen LogP contribution < -0.4 is 4.74 Å². The van der Waals surface area contributed by atoms with Crippen molar-refractivity contribution in [3.63, 3.8) is 0 Å². The number of sulfonamides is 1. The molecule has 3 aromatic rings. The summed E-state index contributed by atoms with van der Waals surface area (Å²) in [7, 11) is -3.66. The Morgan fingerprint density at radius 2 is 1.60 bits per heavy atom. The molecule has 1 aliphatic heterocycles. The number of hydrogen-bond donors (Lipinski definition) is 0. The van der Waals surface area contributed by atoms with Crippen molar-refractivity contribution in [2.45, 2.75) is 11.5 Å². The summed E-state index contributed by atoms with van der Waals surface area (Å²) in [6.45, 7) is 1.65. The van der Waals surface area contributed by atoms with Crippen LogP contribution >= 0.6 is 31.9 Å². The average molecular weight is 620 g/mol. The van der Waals surface area contributed by atoms with Crippen LogP contribution in [0.3, 0.4) is 0 Å². The molecule has 0 aromatic heterocycles. The second-order valence-electron chi connectivity index (χ2n) is 7.98. The molecular weight excluding hydrogens is 596 g/mol. The Balaban J connectivity index is 1.30. The van der Waals surface area contributed by atoms with Gasteiger partial charge in [-0.25, -0.2) is 8.42 Å². The molecule has 0 spiro atoms. The third kappa shape index (κ3) is 6.61. The second kappa shape index (κ2) is 11.5. The van der Waals surface area contributed by atoms with Crippen LogP contribution in [0.4, 0.5) is 0 Å². The van der Waals surface area contributed by atoms with Crippen molar-refractivity contribution in [3.8, 4) is 5.75 Å². The Morgan fingerprint density at radius 1 is 0.914 bits per heavy atom. The Labute approximate surface area is 222 Å². The first-order valence-corrected chi connectivity index (χ1v) is 14.0. The number of hydrogen-bond acceptors (Lipinski definition) is 4. The molecular formula is C26H24Br2N2O4S. The topological polar surface area (TPSA) is 66.9 Å². The highest BCUT2D eigenvalue weighted by Crippen LogP contribution is 2.29.